The summed E-state index contributed by atoms with van der Waals surface area (Å²) in [7, 11) is -2.60. The van der Waals surface area contributed by atoms with Gasteiger partial charge in [0.25, 0.3) is 0 Å². The Balaban J connectivity index is 0. The van der Waals surface area contributed by atoms with E-state index in [0.717, 1.165) is 0 Å². The summed E-state index contributed by atoms with van der Waals surface area (Å²) in [6.07, 6.45) is 0. The van der Waals surface area contributed by atoms with Crippen LogP contribution < -0.4 is 0 Å². The SMILES string of the molecule is O=C(O)C(=O)OB(OF)OF.[NaH]. The van der Waals surface area contributed by atoms with Crippen molar-refractivity contribution in [3.8, 4) is 0 Å². The molecule has 0 aromatic heterocycles. The normalized spacial score (nSPS) is 8.17. The van der Waals surface area contributed by atoms with Gasteiger partial charge in [-0.3, -0.25) is 0 Å². The number of halogens is 2. The molecule has 0 saturated heterocycles. The summed E-state index contributed by atoms with van der Waals surface area (Å²) in [5.74, 6) is -3.92. The maximum absolute atomic E-state index is 10.9. The fraction of sp³-hybridized carbons (Fsp3) is 0. The zero-order valence-electron chi connectivity index (χ0n) is 4.82. The van der Waals surface area contributed by atoms with Gasteiger partial charge in [-0.25, -0.2) is 9.59 Å². The Morgan fingerprint density at radius 2 is 1.67 bits per heavy atom. The van der Waals surface area contributed by atoms with Crippen molar-refractivity contribution in [2.24, 2.45) is 0 Å². The van der Waals surface area contributed by atoms with Crippen LogP contribution in [0.25, 0.3) is 0 Å². The van der Waals surface area contributed by atoms with Crippen LogP contribution >= 0.6 is 0 Å². The molecule has 0 aliphatic heterocycles. The summed E-state index contributed by atoms with van der Waals surface area (Å²) in [5.41, 5.74) is 0. The first-order chi connectivity index (χ1) is 5.11. The van der Waals surface area contributed by atoms with Gasteiger partial charge in [-0.15, -0.1) is 0 Å². The molecule has 0 spiro atoms. The van der Waals surface area contributed by atoms with Crippen LogP contribution in [-0.2, 0) is 24.0 Å². The molecule has 0 unspecified atom stereocenters. The van der Waals surface area contributed by atoms with Gasteiger partial charge in [0.15, 0.2) is 0 Å². The van der Waals surface area contributed by atoms with Crippen LogP contribution in [0.5, 0.6) is 0 Å². The molecule has 0 rings (SSSR count). The van der Waals surface area contributed by atoms with E-state index < -0.39 is 19.3 Å². The Kier molecular flexibility index (Phi) is 8.87. The van der Waals surface area contributed by atoms with Crippen molar-refractivity contribution >= 4 is 48.8 Å². The van der Waals surface area contributed by atoms with Crippen molar-refractivity contribution in [1.29, 1.82) is 0 Å². The van der Waals surface area contributed by atoms with Gasteiger partial charge in [0.2, 0.25) is 0 Å². The zero-order valence-corrected chi connectivity index (χ0v) is 4.82. The topological polar surface area (TPSA) is 82.1 Å². The van der Waals surface area contributed by atoms with E-state index in [2.05, 4.69) is 14.4 Å². The Morgan fingerprint density at radius 3 is 1.92 bits per heavy atom. The Bertz CT molecular complexity index is 162. The molecule has 1 N–H and O–H groups in total. The summed E-state index contributed by atoms with van der Waals surface area (Å²) in [6.45, 7) is 0. The average molecular weight is 194 g/mol. The second kappa shape index (κ2) is 7.43. The van der Waals surface area contributed by atoms with Gasteiger partial charge in [-0.1, -0.05) is 9.05 Å². The summed E-state index contributed by atoms with van der Waals surface area (Å²) < 4.78 is 25.3. The van der Waals surface area contributed by atoms with E-state index in [1.54, 1.807) is 0 Å². The number of carbonyl (C=O) groups excluding carboxylic acids is 1. The zero-order chi connectivity index (χ0) is 8.85. The molecule has 0 aliphatic rings. The summed E-state index contributed by atoms with van der Waals surface area (Å²) in [5, 5.41) is 7.79. The average Bonchev–Trinajstić information content (AvgIpc) is 1.99. The first-order valence-electron chi connectivity index (χ1n) is 2.10. The Morgan fingerprint density at radius 1 is 1.25 bits per heavy atom. The van der Waals surface area contributed by atoms with Gasteiger partial charge in [0.05, 0.1) is 0 Å². The number of aliphatic carboxylic acids is 1. The Hall–Kier alpha value is -0.215. The number of rotatable bonds is 3. The molecular formula is C2H2BF2NaO6. The van der Waals surface area contributed by atoms with E-state index in [0.29, 0.717) is 0 Å². The van der Waals surface area contributed by atoms with E-state index in [1.807, 2.05) is 0 Å². The van der Waals surface area contributed by atoms with E-state index >= 15 is 0 Å². The third-order valence-electron chi connectivity index (χ3n) is 0.523. The number of hydrogen-bond donors (Lipinski definition) is 1. The quantitative estimate of drug-likeness (QED) is 0.446. The molecule has 10 heteroatoms. The van der Waals surface area contributed by atoms with Crippen molar-refractivity contribution in [2.75, 3.05) is 0 Å². The van der Waals surface area contributed by atoms with Crippen molar-refractivity contribution in [3.05, 3.63) is 0 Å². The van der Waals surface area contributed by atoms with Gasteiger partial charge in [0.1, 0.15) is 0 Å². The molecule has 0 fully saturated rings. The molecule has 0 heterocycles. The summed E-state index contributed by atoms with van der Waals surface area (Å²) >= 11 is 0. The van der Waals surface area contributed by atoms with Gasteiger partial charge >= 0.3 is 48.8 Å². The number of carbonyl (C=O) groups is 2. The van der Waals surface area contributed by atoms with E-state index in [1.165, 1.54) is 0 Å². The molecule has 0 saturated carbocycles. The summed E-state index contributed by atoms with van der Waals surface area (Å²) in [6, 6.07) is 0. The fourth-order valence-corrected chi connectivity index (χ4v) is 0.188. The third kappa shape index (κ3) is 5.44. The van der Waals surface area contributed by atoms with Crippen LogP contribution in [0.1, 0.15) is 0 Å². The maximum atomic E-state index is 10.9. The van der Waals surface area contributed by atoms with Crippen LogP contribution in [-0.4, -0.2) is 53.9 Å². The van der Waals surface area contributed by atoms with Crippen molar-refractivity contribution in [3.63, 3.8) is 0 Å². The number of hydrogen-bond acceptors (Lipinski definition) is 5. The molecule has 0 aromatic rings. The van der Waals surface area contributed by atoms with E-state index in [4.69, 9.17) is 5.11 Å². The van der Waals surface area contributed by atoms with E-state index in [-0.39, 0.29) is 29.6 Å². The predicted molar refractivity (Wildman–Crippen MR) is 31.0 cm³/mol. The van der Waals surface area contributed by atoms with Gasteiger partial charge < -0.3 is 9.76 Å². The molecule has 64 valence electrons. The van der Waals surface area contributed by atoms with Gasteiger partial charge in [0, 0.05) is 0 Å². The van der Waals surface area contributed by atoms with Crippen molar-refractivity contribution < 1.29 is 38.1 Å². The molecule has 0 amide bonds. The number of carboxylic acids is 1. The second-order valence-corrected chi connectivity index (χ2v) is 1.18. The van der Waals surface area contributed by atoms with Crippen molar-refractivity contribution in [1.82, 2.24) is 0 Å². The van der Waals surface area contributed by atoms with Crippen molar-refractivity contribution in [2.45, 2.75) is 0 Å². The fourth-order valence-electron chi connectivity index (χ4n) is 0.188. The molecule has 12 heavy (non-hydrogen) atoms. The molecular weight excluding hydrogens is 192 g/mol. The standard InChI is InChI=1S/C2HBF2O6.Na.H/c4-10-3(11-5)9-2(8)1(6)7;;/h(H,6,7);;. The van der Waals surface area contributed by atoms with E-state index in [9.17, 15) is 18.6 Å². The minimum atomic E-state index is -2.60. The third-order valence-corrected chi connectivity index (χ3v) is 0.523. The van der Waals surface area contributed by atoms with Crippen LogP contribution in [0, 0.1) is 0 Å². The predicted octanol–water partition coefficient (Wildman–Crippen LogP) is -1.25. The van der Waals surface area contributed by atoms with Gasteiger partial charge in [-0.05, 0) is 0 Å². The van der Waals surface area contributed by atoms with Crippen LogP contribution in [0.3, 0.4) is 0 Å². The van der Waals surface area contributed by atoms with Crippen LogP contribution in [0.4, 0.5) is 9.05 Å². The molecule has 0 aliphatic carbocycles. The monoisotopic (exact) mass is 194 g/mol. The summed E-state index contributed by atoms with van der Waals surface area (Å²) in [4.78, 5) is 24.6. The Labute approximate surface area is 87.0 Å². The van der Waals surface area contributed by atoms with Crippen LogP contribution in [0.2, 0.25) is 0 Å². The molecule has 0 bridgehead atoms. The molecule has 0 atom stereocenters. The number of carboxylic acid groups (broad SMARTS) is 1. The second-order valence-electron chi connectivity index (χ2n) is 1.18. The first-order valence-corrected chi connectivity index (χ1v) is 2.10. The minimum absolute atomic E-state index is 0. The van der Waals surface area contributed by atoms with Gasteiger partial charge in [-0.2, -0.15) is 9.72 Å². The first kappa shape index (κ1) is 14.3. The molecule has 0 aromatic carbocycles. The van der Waals surface area contributed by atoms with Crippen LogP contribution in [0.15, 0.2) is 0 Å². The molecule has 0 radical (unpaired) electrons. The molecule has 6 nitrogen and oxygen atoms in total.